The van der Waals surface area contributed by atoms with Crippen LogP contribution in [0.15, 0.2) is 18.2 Å². The summed E-state index contributed by atoms with van der Waals surface area (Å²) in [6.45, 7) is 5.36. The van der Waals surface area contributed by atoms with Crippen LogP contribution in [0.2, 0.25) is 0 Å². The number of tetrazole rings is 1. The minimum Gasteiger partial charge on any atom is -0.496 e. The van der Waals surface area contributed by atoms with Crippen LogP contribution in [-0.4, -0.2) is 27.3 Å². The zero-order chi connectivity index (χ0) is 14.3. The SMILES string of the molecule is COc1ccc(N)cc1-c1nnnn1CC1CC1(C)C. The van der Waals surface area contributed by atoms with E-state index >= 15 is 0 Å². The summed E-state index contributed by atoms with van der Waals surface area (Å²) < 4.78 is 7.22. The second-order valence-corrected chi connectivity index (χ2v) is 6.03. The Morgan fingerprint density at radius 3 is 2.85 bits per heavy atom. The smallest absolute Gasteiger partial charge is 0.185 e. The van der Waals surface area contributed by atoms with Gasteiger partial charge in [-0.1, -0.05) is 13.8 Å². The number of nitrogens with two attached hydrogens (primary N) is 1. The first-order chi connectivity index (χ1) is 9.51. The van der Waals surface area contributed by atoms with Gasteiger partial charge in [-0.25, -0.2) is 4.68 Å². The van der Waals surface area contributed by atoms with Gasteiger partial charge in [0.25, 0.3) is 0 Å². The van der Waals surface area contributed by atoms with Gasteiger partial charge in [-0.3, -0.25) is 0 Å². The summed E-state index contributed by atoms with van der Waals surface area (Å²) in [6, 6.07) is 5.49. The predicted molar refractivity (Wildman–Crippen MR) is 76.1 cm³/mol. The average molecular weight is 273 g/mol. The van der Waals surface area contributed by atoms with Gasteiger partial charge in [-0.05, 0) is 46.4 Å². The molecule has 6 nitrogen and oxygen atoms in total. The van der Waals surface area contributed by atoms with E-state index in [1.165, 1.54) is 6.42 Å². The Bertz CT molecular complexity index is 634. The van der Waals surface area contributed by atoms with Crippen LogP contribution in [-0.2, 0) is 6.54 Å². The van der Waals surface area contributed by atoms with Crippen molar-refractivity contribution in [2.75, 3.05) is 12.8 Å². The molecule has 1 aromatic carbocycles. The maximum Gasteiger partial charge on any atom is 0.185 e. The molecule has 2 N–H and O–H groups in total. The van der Waals surface area contributed by atoms with Gasteiger partial charge in [-0.2, -0.15) is 0 Å². The monoisotopic (exact) mass is 273 g/mol. The zero-order valence-corrected chi connectivity index (χ0v) is 12.0. The van der Waals surface area contributed by atoms with Crippen molar-refractivity contribution in [3.05, 3.63) is 18.2 Å². The molecule has 1 aliphatic rings. The van der Waals surface area contributed by atoms with Gasteiger partial charge in [-0.15, -0.1) is 5.10 Å². The highest BCUT2D eigenvalue weighted by molar-refractivity contribution is 5.68. The second kappa shape index (κ2) is 4.47. The molecule has 1 aromatic heterocycles. The molecular weight excluding hydrogens is 254 g/mol. The Morgan fingerprint density at radius 2 is 2.20 bits per heavy atom. The quantitative estimate of drug-likeness (QED) is 0.862. The summed E-state index contributed by atoms with van der Waals surface area (Å²) in [7, 11) is 1.63. The topological polar surface area (TPSA) is 78.8 Å². The number of anilines is 1. The van der Waals surface area contributed by atoms with Crippen LogP contribution < -0.4 is 10.5 Å². The maximum atomic E-state index is 5.86. The number of methoxy groups -OCH3 is 1. The molecule has 1 saturated carbocycles. The number of benzene rings is 1. The minimum atomic E-state index is 0.392. The van der Waals surface area contributed by atoms with Crippen molar-refractivity contribution >= 4 is 5.69 Å². The highest BCUT2D eigenvalue weighted by Crippen LogP contribution is 2.52. The summed E-state index contributed by atoms with van der Waals surface area (Å²) in [5.41, 5.74) is 7.75. The molecule has 106 valence electrons. The molecule has 0 radical (unpaired) electrons. The third kappa shape index (κ3) is 2.21. The van der Waals surface area contributed by atoms with Gasteiger partial charge >= 0.3 is 0 Å². The lowest BCUT2D eigenvalue weighted by molar-refractivity contribution is 0.415. The van der Waals surface area contributed by atoms with Crippen LogP contribution in [0.4, 0.5) is 5.69 Å². The van der Waals surface area contributed by atoms with Crippen LogP contribution >= 0.6 is 0 Å². The van der Waals surface area contributed by atoms with Gasteiger partial charge in [0.05, 0.1) is 12.7 Å². The number of hydrogen-bond donors (Lipinski definition) is 1. The molecule has 2 aromatic rings. The van der Waals surface area contributed by atoms with Crippen molar-refractivity contribution in [1.29, 1.82) is 0 Å². The average Bonchev–Trinajstić information content (AvgIpc) is 2.82. The molecule has 0 saturated heterocycles. The van der Waals surface area contributed by atoms with Crippen LogP contribution in [0.1, 0.15) is 20.3 Å². The van der Waals surface area contributed by atoms with E-state index in [9.17, 15) is 0 Å². The molecule has 0 aliphatic heterocycles. The molecule has 1 aliphatic carbocycles. The van der Waals surface area contributed by atoms with Crippen LogP contribution in [0.25, 0.3) is 11.4 Å². The lowest BCUT2D eigenvalue weighted by Gasteiger charge is -2.10. The van der Waals surface area contributed by atoms with Gasteiger partial charge in [0, 0.05) is 12.2 Å². The summed E-state index contributed by atoms with van der Waals surface area (Å²) in [4.78, 5) is 0. The Kier molecular flexibility index (Phi) is 2.88. The first-order valence-corrected chi connectivity index (χ1v) is 6.71. The van der Waals surface area contributed by atoms with E-state index in [0.29, 0.717) is 22.8 Å². The summed E-state index contributed by atoms with van der Waals surface area (Å²) in [5, 5.41) is 12.0. The molecule has 20 heavy (non-hydrogen) atoms. The molecule has 6 heteroatoms. The molecule has 1 fully saturated rings. The van der Waals surface area contributed by atoms with Crippen molar-refractivity contribution in [3.63, 3.8) is 0 Å². The Morgan fingerprint density at radius 1 is 1.45 bits per heavy atom. The Labute approximate surface area is 117 Å². The largest absolute Gasteiger partial charge is 0.496 e. The number of hydrogen-bond acceptors (Lipinski definition) is 5. The fourth-order valence-electron chi connectivity index (χ4n) is 2.52. The third-order valence-electron chi connectivity index (χ3n) is 4.11. The van der Waals surface area contributed by atoms with Crippen molar-refractivity contribution in [2.45, 2.75) is 26.8 Å². The Hall–Kier alpha value is -2.11. The first kappa shape index (κ1) is 12.9. The first-order valence-electron chi connectivity index (χ1n) is 6.71. The van der Waals surface area contributed by atoms with E-state index in [-0.39, 0.29) is 0 Å². The van der Waals surface area contributed by atoms with Gasteiger partial charge in [0.1, 0.15) is 5.75 Å². The standard InChI is InChI=1S/C14H19N5O/c1-14(2)7-9(14)8-19-13(16-17-18-19)11-6-10(15)4-5-12(11)20-3/h4-6,9H,7-8,15H2,1-3H3. The zero-order valence-electron chi connectivity index (χ0n) is 12.0. The van der Waals surface area contributed by atoms with Gasteiger partial charge < -0.3 is 10.5 Å². The van der Waals surface area contributed by atoms with Crippen molar-refractivity contribution in [3.8, 4) is 17.1 Å². The molecule has 0 amide bonds. The molecular formula is C14H19N5O. The number of rotatable bonds is 4. The summed E-state index contributed by atoms with van der Waals surface area (Å²) in [6.07, 6.45) is 1.21. The van der Waals surface area contributed by atoms with Crippen molar-refractivity contribution in [1.82, 2.24) is 20.2 Å². The molecule has 0 bridgehead atoms. The lowest BCUT2D eigenvalue weighted by Crippen LogP contribution is -2.08. The molecule has 1 heterocycles. The fraction of sp³-hybridized carbons (Fsp3) is 0.500. The Balaban J connectivity index is 1.95. The van der Waals surface area contributed by atoms with Crippen molar-refractivity contribution in [2.24, 2.45) is 11.3 Å². The predicted octanol–water partition coefficient (Wildman–Crippen LogP) is 1.98. The highest BCUT2D eigenvalue weighted by atomic mass is 16.5. The van der Waals surface area contributed by atoms with Gasteiger partial charge in [0.15, 0.2) is 5.82 Å². The number of aromatic nitrogens is 4. The van der Waals surface area contributed by atoms with E-state index < -0.39 is 0 Å². The fourth-order valence-corrected chi connectivity index (χ4v) is 2.52. The molecule has 0 spiro atoms. The number of nitrogens with zero attached hydrogens (tertiary/aromatic N) is 4. The molecule has 3 rings (SSSR count). The van der Waals surface area contributed by atoms with E-state index in [1.54, 1.807) is 13.2 Å². The van der Waals surface area contributed by atoms with Crippen LogP contribution in [0, 0.1) is 11.3 Å². The second-order valence-electron chi connectivity index (χ2n) is 6.03. The summed E-state index contributed by atoms with van der Waals surface area (Å²) >= 11 is 0. The number of ether oxygens (including phenoxy) is 1. The van der Waals surface area contributed by atoms with E-state index in [4.69, 9.17) is 10.5 Å². The van der Waals surface area contributed by atoms with E-state index in [0.717, 1.165) is 17.9 Å². The normalized spacial score (nSPS) is 19.9. The minimum absolute atomic E-state index is 0.392. The third-order valence-corrected chi connectivity index (χ3v) is 4.11. The van der Waals surface area contributed by atoms with E-state index in [2.05, 4.69) is 29.4 Å². The van der Waals surface area contributed by atoms with Crippen LogP contribution in [0.5, 0.6) is 5.75 Å². The molecule has 1 atom stereocenters. The van der Waals surface area contributed by atoms with Crippen LogP contribution in [0.3, 0.4) is 0 Å². The number of nitrogen functional groups attached to an aromatic ring is 1. The lowest BCUT2D eigenvalue weighted by atomic mass is 10.1. The van der Waals surface area contributed by atoms with Crippen molar-refractivity contribution < 1.29 is 4.74 Å². The maximum absolute atomic E-state index is 5.86. The summed E-state index contributed by atoms with van der Waals surface area (Å²) in [5.74, 6) is 2.05. The highest BCUT2D eigenvalue weighted by Gasteiger charge is 2.46. The van der Waals surface area contributed by atoms with E-state index in [1.807, 2.05) is 16.8 Å². The van der Waals surface area contributed by atoms with Gasteiger partial charge in [0.2, 0.25) is 0 Å². The molecule has 1 unspecified atom stereocenters.